The van der Waals surface area contributed by atoms with Crippen molar-refractivity contribution in [2.45, 2.75) is 316 Å². The second kappa shape index (κ2) is 72.5. The molecule has 0 spiro atoms. The lowest BCUT2D eigenvalue weighted by Crippen LogP contribution is -2.30. The normalized spacial score (nSPS) is 14.7. The van der Waals surface area contributed by atoms with Gasteiger partial charge < -0.3 is 33.8 Å². The van der Waals surface area contributed by atoms with Crippen LogP contribution < -0.4 is 0 Å². The lowest BCUT2D eigenvalue weighted by Gasteiger charge is -2.21. The van der Waals surface area contributed by atoms with Crippen LogP contribution in [0.3, 0.4) is 0 Å². The maximum absolute atomic E-state index is 13.1. The van der Waals surface area contributed by atoms with E-state index >= 15 is 0 Å². The highest BCUT2D eigenvalue weighted by Crippen LogP contribution is 2.45. The van der Waals surface area contributed by atoms with E-state index in [4.69, 9.17) is 37.0 Å². The molecule has 0 saturated heterocycles. The van der Waals surface area contributed by atoms with Crippen LogP contribution in [0, 0.1) is 0 Å². The Labute approximate surface area is 605 Å². The number of ether oxygens (including phenoxy) is 4. The van der Waals surface area contributed by atoms with Crippen LogP contribution >= 0.6 is 15.6 Å². The van der Waals surface area contributed by atoms with Crippen molar-refractivity contribution in [1.82, 2.24) is 0 Å². The number of hydrogen-bond donors (Lipinski definition) is 3. The largest absolute Gasteiger partial charge is 0.472 e. The van der Waals surface area contributed by atoms with Crippen LogP contribution in [0.1, 0.15) is 297 Å². The third kappa shape index (κ3) is 71.6. The monoisotopic (exact) mass is 1440 g/mol. The van der Waals surface area contributed by atoms with E-state index in [2.05, 4.69) is 143 Å². The van der Waals surface area contributed by atoms with E-state index in [9.17, 15) is 43.2 Å². The number of hydrogen-bond acceptors (Lipinski definition) is 15. The zero-order valence-electron chi connectivity index (χ0n) is 62.3. The summed E-state index contributed by atoms with van der Waals surface area (Å²) in [5.41, 5.74) is 0. The highest BCUT2D eigenvalue weighted by atomic mass is 31.2. The number of phosphoric acid groups is 2. The highest BCUT2D eigenvalue weighted by molar-refractivity contribution is 7.47. The fourth-order valence-electron chi connectivity index (χ4n) is 9.83. The minimum Gasteiger partial charge on any atom is -0.462 e. The van der Waals surface area contributed by atoms with Gasteiger partial charge in [-0.25, -0.2) is 9.13 Å². The van der Waals surface area contributed by atoms with Crippen molar-refractivity contribution in [2.24, 2.45) is 0 Å². The van der Waals surface area contributed by atoms with Crippen LogP contribution in [0.5, 0.6) is 0 Å². The van der Waals surface area contributed by atoms with Gasteiger partial charge in [-0.15, -0.1) is 0 Å². The predicted octanol–water partition coefficient (Wildman–Crippen LogP) is 22.1. The maximum Gasteiger partial charge on any atom is 0.472 e. The average molecular weight is 1440 g/mol. The Morgan fingerprint density at radius 3 is 0.900 bits per heavy atom. The van der Waals surface area contributed by atoms with Crippen LogP contribution in [-0.4, -0.2) is 96.7 Å². The standard InChI is InChI=1S/C81H136O17P2/c1-5-9-13-17-21-25-29-33-35-36-37-38-40-43-46-50-54-58-62-66-79(84)92-72-77(98-81(86)68-64-60-56-52-48-44-39-34-30-26-22-18-14-10-6-2)74-96-100(89,90)94-70-75(82)69-93-99(87,88)95-73-76(97-80(85)67-63-59-55-51-47-42-32-28-24-20-16-12-8-4)71-91-78(83)65-61-57-53-49-45-41-31-27-23-19-15-11-7-3/h9-10,13-15,19,21-22,25-27,31,33-35,37-39,43,46,54,58,75-77,82H,5-8,11-12,16-18,20,23-24,28-30,32,36,40-42,44-45,47-53,55-57,59-74H2,1-4H3,(H,87,88)(H,89,90)/b13-9-,14-10-,19-15-,25-21-,26-22-,31-27-,35-33-,38-37-,39-34-,46-43-,58-54-. The van der Waals surface area contributed by atoms with E-state index in [-0.39, 0.29) is 25.7 Å². The smallest absolute Gasteiger partial charge is 0.462 e. The summed E-state index contributed by atoms with van der Waals surface area (Å²) >= 11 is 0. The van der Waals surface area contributed by atoms with Gasteiger partial charge >= 0.3 is 39.5 Å². The molecule has 0 heterocycles. The van der Waals surface area contributed by atoms with Crippen LogP contribution in [0.25, 0.3) is 0 Å². The molecule has 572 valence electrons. The Kier molecular flexibility index (Phi) is 69.1. The molecule has 3 N–H and O–H groups in total. The molecule has 17 nitrogen and oxygen atoms in total. The molecule has 5 unspecified atom stereocenters. The molecular weight excluding hydrogens is 1310 g/mol. The van der Waals surface area contributed by atoms with Crippen LogP contribution in [0.15, 0.2) is 134 Å². The van der Waals surface area contributed by atoms with E-state index in [0.717, 1.165) is 161 Å². The van der Waals surface area contributed by atoms with Crippen molar-refractivity contribution in [1.29, 1.82) is 0 Å². The van der Waals surface area contributed by atoms with Crippen LogP contribution in [0.4, 0.5) is 0 Å². The van der Waals surface area contributed by atoms with Gasteiger partial charge in [0.25, 0.3) is 0 Å². The molecule has 0 rings (SSSR count). The molecule has 0 aromatic carbocycles. The van der Waals surface area contributed by atoms with Gasteiger partial charge in [0.05, 0.1) is 26.4 Å². The lowest BCUT2D eigenvalue weighted by atomic mass is 10.0. The molecule has 0 aliphatic carbocycles. The van der Waals surface area contributed by atoms with Gasteiger partial charge in [-0.3, -0.25) is 37.3 Å². The summed E-state index contributed by atoms with van der Waals surface area (Å²) in [6.07, 6.45) is 80.3. The molecule has 0 saturated carbocycles. The van der Waals surface area contributed by atoms with Gasteiger partial charge in [-0.2, -0.15) is 0 Å². The number of carbonyl (C=O) groups is 4. The molecule has 0 aliphatic rings. The zero-order valence-corrected chi connectivity index (χ0v) is 64.1. The molecule has 0 aromatic heterocycles. The minimum atomic E-state index is -5.00. The van der Waals surface area contributed by atoms with Gasteiger partial charge in [-0.1, -0.05) is 283 Å². The van der Waals surface area contributed by atoms with E-state index in [0.29, 0.717) is 32.1 Å². The Bertz CT molecular complexity index is 2420. The molecule has 0 bridgehead atoms. The Hall–Kier alpha value is -4.80. The molecule has 0 aliphatic heterocycles. The van der Waals surface area contributed by atoms with Crippen LogP contribution in [0.2, 0.25) is 0 Å². The van der Waals surface area contributed by atoms with Gasteiger partial charge in [0.15, 0.2) is 12.2 Å². The highest BCUT2D eigenvalue weighted by Gasteiger charge is 2.30. The molecule has 100 heavy (non-hydrogen) atoms. The summed E-state index contributed by atoms with van der Waals surface area (Å²) in [5, 5.41) is 10.6. The first kappa shape index (κ1) is 95.2. The predicted molar refractivity (Wildman–Crippen MR) is 408 cm³/mol. The number of carbonyl (C=O) groups excluding carboxylic acids is 4. The fourth-order valence-corrected chi connectivity index (χ4v) is 11.4. The van der Waals surface area contributed by atoms with Crippen molar-refractivity contribution in [3.63, 3.8) is 0 Å². The number of phosphoric ester groups is 2. The van der Waals surface area contributed by atoms with E-state index < -0.39 is 97.5 Å². The third-order valence-corrected chi connectivity index (χ3v) is 17.5. The van der Waals surface area contributed by atoms with Gasteiger partial charge in [-0.05, 0) is 122 Å². The summed E-state index contributed by atoms with van der Waals surface area (Å²) in [7, 11) is -9.98. The maximum atomic E-state index is 13.1. The van der Waals surface area contributed by atoms with Crippen molar-refractivity contribution >= 4 is 39.5 Å². The van der Waals surface area contributed by atoms with E-state index in [1.807, 2.05) is 18.2 Å². The van der Waals surface area contributed by atoms with Crippen molar-refractivity contribution in [3.8, 4) is 0 Å². The third-order valence-electron chi connectivity index (χ3n) is 15.6. The number of esters is 4. The number of aliphatic hydroxyl groups excluding tert-OH is 1. The number of aliphatic hydroxyl groups is 1. The first-order chi connectivity index (χ1) is 48.7. The van der Waals surface area contributed by atoms with E-state index in [1.54, 1.807) is 0 Å². The zero-order chi connectivity index (χ0) is 73.2. The molecule has 5 atom stereocenters. The fraction of sp³-hybridized carbons (Fsp3) is 0.679. The first-order valence-electron chi connectivity index (χ1n) is 38.4. The average Bonchev–Trinajstić information content (AvgIpc) is 0.946. The Morgan fingerprint density at radius 2 is 0.560 bits per heavy atom. The topological polar surface area (TPSA) is 237 Å². The molecule has 0 radical (unpaired) electrons. The molecule has 0 fully saturated rings. The lowest BCUT2D eigenvalue weighted by molar-refractivity contribution is -0.161. The van der Waals surface area contributed by atoms with Crippen molar-refractivity contribution in [3.05, 3.63) is 134 Å². The van der Waals surface area contributed by atoms with Gasteiger partial charge in [0.1, 0.15) is 19.3 Å². The summed E-state index contributed by atoms with van der Waals surface area (Å²) in [6, 6.07) is 0. The number of rotatable bonds is 71. The van der Waals surface area contributed by atoms with E-state index in [1.165, 1.54) is 51.4 Å². The number of unbranched alkanes of at least 4 members (excludes halogenated alkanes) is 23. The first-order valence-corrected chi connectivity index (χ1v) is 41.4. The summed E-state index contributed by atoms with van der Waals surface area (Å²) in [4.78, 5) is 72.8. The Balaban J connectivity index is 5.43. The SMILES string of the molecule is CC/C=C\C/C=C\C/C=C\C/C=C\C/C=C\C/C=C\CCC(=O)OCC(COP(=O)(O)OCC(O)COP(=O)(O)OCC(COC(=O)CCCCCCC/C=C\C/C=C\CCC)OC(=O)CCCCCCCCCCCCCCC)OC(=O)CCCCCCC/C=C\C/C=C\C/C=C\CC. The summed E-state index contributed by atoms with van der Waals surface area (Å²) in [6.45, 7) is 4.46. The second-order valence-corrected chi connectivity index (χ2v) is 28.1. The quantitative estimate of drug-likeness (QED) is 0.0169. The minimum absolute atomic E-state index is 0.0290. The van der Waals surface area contributed by atoms with Crippen molar-refractivity contribution in [2.75, 3.05) is 39.6 Å². The number of allylic oxidation sites excluding steroid dienone is 22. The molecular formula is C81H136O17P2. The molecule has 0 aromatic rings. The Morgan fingerprint density at radius 1 is 0.290 bits per heavy atom. The van der Waals surface area contributed by atoms with Crippen LogP contribution in [-0.2, 0) is 65.4 Å². The van der Waals surface area contributed by atoms with Crippen molar-refractivity contribution < 1.29 is 80.2 Å². The summed E-state index contributed by atoms with van der Waals surface area (Å²) < 4.78 is 68.4. The van der Waals surface area contributed by atoms with Gasteiger partial charge in [0.2, 0.25) is 0 Å². The molecule has 19 heteroatoms. The molecule has 0 amide bonds. The second-order valence-electron chi connectivity index (χ2n) is 25.2. The summed E-state index contributed by atoms with van der Waals surface area (Å²) in [5.74, 6) is -2.31. The van der Waals surface area contributed by atoms with Gasteiger partial charge in [0, 0.05) is 25.7 Å².